The molecule has 0 N–H and O–H groups in total. The van der Waals surface area contributed by atoms with Gasteiger partial charge in [-0.2, -0.15) is 0 Å². The average molecular weight is 344 g/mol. The molecule has 0 aliphatic rings. The zero-order chi connectivity index (χ0) is 17.2. The summed E-state index contributed by atoms with van der Waals surface area (Å²) in [7, 11) is -0.636. The molecular formula is C22H48P+. The summed E-state index contributed by atoms with van der Waals surface area (Å²) in [5, 5.41) is 0. The third-order valence-corrected chi connectivity index (χ3v) is 10.5. The Morgan fingerprint density at radius 1 is 0.348 bits per heavy atom. The standard InChI is InChI=1S/C22H48P/c1-5-9-13-17-21-23(19-15-11-7-3,20-16-12-8-4)22-18-14-10-6-2/h5-22H2,1-4H3/q+1. The smallest absolute Gasteiger partial charge is 0.0594 e. The Balaban J connectivity index is 4.55. The third kappa shape index (κ3) is 13.4. The van der Waals surface area contributed by atoms with Crippen LogP contribution in [0.2, 0.25) is 0 Å². The summed E-state index contributed by atoms with van der Waals surface area (Å²) in [4.78, 5) is 0. The Labute approximate surface area is 149 Å². The molecule has 0 amide bonds. The molecule has 0 bridgehead atoms. The van der Waals surface area contributed by atoms with E-state index in [1.54, 1.807) is 24.6 Å². The first-order valence-electron chi connectivity index (χ1n) is 11.1. The SMILES string of the molecule is CCCCCC[P+](CCCCC)(CCCCC)CCCCCC. The molecule has 0 aromatic rings. The van der Waals surface area contributed by atoms with Gasteiger partial charge in [0.2, 0.25) is 0 Å². The van der Waals surface area contributed by atoms with Crippen LogP contribution in [-0.2, 0) is 0 Å². The molecule has 0 unspecified atom stereocenters. The minimum atomic E-state index is -0.636. The summed E-state index contributed by atoms with van der Waals surface area (Å²) in [5.74, 6) is 0. The summed E-state index contributed by atoms with van der Waals surface area (Å²) in [5.41, 5.74) is 0. The van der Waals surface area contributed by atoms with E-state index in [0.29, 0.717) is 0 Å². The van der Waals surface area contributed by atoms with Crippen LogP contribution in [0.3, 0.4) is 0 Å². The van der Waals surface area contributed by atoms with Gasteiger partial charge in [-0.3, -0.25) is 0 Å². The molecule has 0 spiro atoms. The number of rotatable bonds is 18. The molecule has 0 aromatic carbocycles. The van der Waals surface area contributed by atoms with Gasteiger partial charge >= 0.3 is 0 Å². The van der Waals surface area contributed by atoms with Crippen LogP contribution in [0.15, 0.2) is 0 Å². The largest absolute Gasteiger partial charge is 0.0654 e. The Kier molecular flexibility index (Phi) is 17.6. The summed E-state index contributed by atoms with van der Waals surface area (Å²) in [6.45, 7) is 9.41. The van der Waals surface area contributed by atoms with Crippen molar-refractivity contribution < 1.29 is 0 Å². The van der Waals surface area contributed by atoms with Crippen LogP contribution in [0.5, 0.6) is 0 Å². The van der Waals surface area contributed by atoms with Crippen molar-refractivity contribution in [2.75, 3.05) is 24.6 Å². The van der Waals surface area contributed by atoms with Crippen LogP contribution in [0, 0.1) is 0 Å². The highest BCUT2D eigenvalue weighted by Crippen LogP contribution is 2.61. The van der Waals surface area contributed by atoms with E-state index in [9.17, 15) is 0 Å². The quantitative estimate of drug-likeness (QED) is 0.173. The Bertz CT molecular complexity index is 200. The van der Waals surface area contributed by atoms with Gasteiger partial charge in [-0.05, 0) is 38.5 Å². The fourth-order valence-electron chi connectivity index (χ4n) is 3.81. The van der Waals surface area contributed by atoms with Crippen molar-refractivity contribution in [1.29, 1.82) is 0 Å². The second-order valence-electron chi connectivity index (χ2n) is 7.77. The molecule has 0 radical (unpaired) electrons. The fraction of sp³-hybridized carbons (Fsp3) is 1.00. The lowest BCUT2D eigenvalue weighted by molar-refractivity contribution is 0.686. The fourth-order valence-corrected chi connectivity index (χ4v) is 8.73. The second-order valence-corrected chi connectivity index (χ2v) is 12.2. The maximum Gasteiger partial charge on any atom is 0.0594 e. The van der Waals surface area contributed by atoms with Crippen LogP contribution < -0.4 is 0 Å². The zero-order valence-electron chi connectivity index (χ0n) is 17.2. The van der Waals surface area contributed by atoms with Gasteiger partial charge in [0.05, 0.1) is 24.6 Å². The van der Waals surface area contributed by atoms with Crippen molar-refractivity contribution in [2.24, 2.45) is 0 Å². The highest BCUT2D eigenvalue weighted by Gasteiger charge is 2.34. The average Bonchev–Trinajstić information content (AvgIpc) is 2.56. The van der Waals surface area contributed by atoms with Crippen molar-refractivity contribution >= 4 is 7.26 Å². The maximum absolute atomic E-state index is 2.36. The molecule has 0 aliphatic heterocycles. The summed E-state index contributed by atoms with van der Waals surface area (Å²) >= 11 is 0. The molecule has 0 nitrogen and oxygen atoms in total. The molecule has 0 aromatic heterocycles. The number of unbranched alkanes of at least 4 members (excludes halogenated alkanes) is 10. The predicted octanol–water partition coefficient (Wildman–Crippen LogP) is 8.55. The van der Waals surface area contributed by atoms with E-state index in [-0.39, 0.29) is 0 Å². The highest BCUT2D eigenvalue weighted by molar-refractivity contribution is 7.75. The first kappa shape index (κ1) is 23.4. The van der Waals surface area contributed by atoms with E-state index in [4.69, 9.17) is 0 Å². The summed E-state index contributed by atoms with van der Waals surface area (Å²) < 4.78 is 0. The molecule has 23 heavy (non-hydrogen) atoms. The van der Waals surface area contributed by atoms with E-state index in [0.717, 1.165) is 0 Å². The van der Waals surface area contributed by atoms with Gasteiger partial charge in [-0.15, -0.1) is 0 Å². The monoisotopic (exact) mass is 343 g/mol. The molecule has 1 heteroatoms. The van der Waals surface area contributed by atoms with Crippen LogP contribution in [0.4, 0.5) is 0 Å². The van der Waals surface area contributed by atoms with Gasteiger partial charge in [0.1, 0.15) is 0 Å². The van der Waals surface area contributed by atoms with Crippen molar-refractivity contribution in [3.63, 3.8) is 0 Å². The molecule has 0 heterocycles. The van der Waals surface area contributed by atoms with Crippen molar-refractivity contribution in [3.8, 4) is 0 Å². The zero-order valence-corrected chi connectivity index (χ0v) is 18.1. The summed E-state index contributed by atoms with van der Waals surface area (Å²) in [6, 6.07) is 0. The molecule has 0 atom stereocenters. The Hall–Kier alpha value is 0.430. The molecule has 0 aliphatic carbocycles. The lowest BCUT2D eigenvalue weighted by Gasteiger charge is -2.28. The van der Waals surface area contributed by atoms with Crippen LogP contribution in [0.1, 0.15) is 118 Å². The highest BCUT2D eigenvalue weighted by atomic mass is 31.2. The first-order chi connectivity index (χ1) is 11.2. The van der Waals surface area contributed by atoms with Gasteiger partial charge in [0, 0.05) is 7.26 Å². The second kappa shape index (κ2) is 17.3. The Morgan fingerprint density at radius 3 is 0.913 bits per heavy atom. The topological polar surface area (TPSA) is 0 Å². The maximum atomic E-state index is 2.36. The first-order valence-corrected chi connectivity index (χ1v) is 13.6. The summed E-state index contributed by atoms with van der Waals surface area (Å²) in [6.07, 6.45) is 27.0. The van der Waals surface area contributed by atoms with E-state index < -0.39 is 7.26 Å². The molecule has 140 valence electrons. The van der Waals surface area contributed by atoms with Crippen molar-refractivity contribution in [2.45, 2.75) is 118 Å². The van der Waals surface area contributed by atoms with Crippen LogP contribution >= 0.6 is 7.26 Å². The van der Waals surface area contributed by atoms with Gasteiger partial charge in [0.15, 0.2) is 0 Å². The van der Waals surface area contributed by atoms with Gasteiger partial charge in [0.25, 0.3) is 0 Å². The van der Waals surface area contributed by atoms with Crippen LogP contribution in [0.25, 0.3) is 0 Å². The van der Waals surface area contributed by atoms with E-state index >= 15 is 0 Å². The molecule has 0 fully saturated rings. The lowest BCUT2D eigenvalue weighted by Crippen LogP contribution is -2.13. The van der Waals surface area contributed by atoms with E-state index in [2.05, 4.69) is 27.7 Å². The third-order valence-electron chi connectivity index (χ3n) is 5.44. The van der Waals surface area contributed by atoms with E-state index in [1.165, 1.54) is 89.9 Å². The molecule has 0 saturated carbocycles. The molecular weight excluding hydrogens is 295 g/mol. The Morgan fingerprint density at radius 2 is 0.609 bits per heavy atom. The number of hydrogen-bond acceptors (Lipinski definition) is 0. The minimum absolute atomic E-state index is 0.636. The van der Waals surface area contributed by atoms with Crippen molar-refractivity contribution in [3.05, 3.63) is 0 Å². The van der Waals surface area contributed by atoms with Gasteiger partial charge < -0.3 is 0 Å². The molecule has 0 saturated heterocycles. The minimum Gasteiger partial charge on any atom is -0.0654 e. The predicted molar refractivity (Wildman–Crippen MR) is 114 cm³/mol. The van der Waals surface area contributed by atoms with Crippen LogP contribution in [-0.4, -0.2) is 24.6 Å². The van der Waals surface area contributed by atoms with Crippen molar-refractivity contribution in [1.82, 2.24) is 0 Å². The van der Waals surface area contributed by atoms with Gasteiger partial charge in [-0.25, -0.2) is 0 Å². The molecule has 0 rings (SSSR count). The normalized spacial score (nSPS) is 12.0. The van der Waals surface area contributed by atoms with Gasteiger partial charge in [-0.1, -0.05) is 79.1 Å². The lowest BCUT2D eigenvalue weighted by atomic mass is 10.2. The number of hydrogen-bond donors (Lipinski definition) is 0. The van der Waals surface area contributed by atoms with E-state index in [1.807, 2.05) is 0 Å².